The van der Waals surface area contributed by atoms with Gasteiger partial charge in [-0.05, 0) is 29.8 Å². The molecule has 0 bridgehead atoms. The van der Waals surface area contributed by atoms with Crippen molar-refractivity contribution in [1.29, 1.82) is 0 Å². The number of piperazine rings is 1. The fraction of sp³-hybridized carbons (Fsp3) is 0.222. The number of pyridine rings is 1. The van der Waals surface area contributed by atoms with Crippen LogP contribution in [-0.4, -0.2) is 59.9 Å². The van der Waals surface area contributed by atoms with Crippen LogP contribution in [0.4, 0.5) is 0 Å². The summed E-state index contributed by atoms with van der Waals surface area (Å²) < 4.78 is 5.48. The first-order valence-corrected chi connectivity index (χ1v) is 11.0. The number of hydrogen-bond acceptors (Lipinski definition) is 4. The summed E-state index contributed by atoms with van der Waals surface area (Å²) >= 11 is 0. The molecule has 2 heterocycles. The maximum Gasteiger partial charge on any atom is 0.254 e. The van der Waals surface area contributed by atoms with Crippen molar-refractivity contribution in [2.75, 3.05) is 33.3 Å². The monoisotopic (exact) mass is 441 g/mol. The quantitative estimate of drug-likeness (QED) is 0.434. The molecular weight excluding hydrogens is 414 g/mol. The molecule has 3 aromatic rings. The van der Waals surface area contributed by atoms with Crippen molar-refractivity contribution < 1.29 is 14.3 Å². The molecule has 0 saturated carbocycles. The van der Waals surface area contributed by atoms with Crippen LogP contribution >= 0.6 is 0 Å². The van der Waals surface area contributed by atoms with Gasteiger partial charge in [0.15, 0.2) is 0 Å². The minimum Gasteiger partial charge on any atom is -0.496 e. The molecule has 1 aliphatic rings. The van der Waals surface area contributed by atoms with Crippen molar-refractivity contribution in [1.82, 2.24) is 14.8 Å². The van der Waals surface area contributed by atoms with E-state index >= 15 is 0 Å². The average Bonchev–Trinajstić information content (AvgIpc) is 2.88. The van der Waals surface area contributed by atoms with E-state index in [1.165, 1.54) is 0 Å². The minimum absolute atomic E-state index is 0.0358. The molecule has 1 aromatic heterocycles. The lowest BCUT2D eigenvalue weighted by molar-refractivity contribution is -0.136. The standard InChI is InChI=1S/C27H27N3O3/c1-33-25-13-6-5-11-22(25)19-24(21-9-3-2-4-10-21)27(32)30-17-15-29(16-18-30)26(31)20-23-12-7-8-14-28-23/h2-14,19H,15-18,20H2,1H3/b24-19+. The molecule has 0 aliphatic carbocycles. The number of benzene rings is 2. The van der Waals surface area contributed by atoms with Gasteiger partial charge in [0.25, 0.3) is 5.91 Å². The van der Waals surface area contributed by atoms with Gasteiger partial charge < -0.3 is 14.5 Å². The Balaban J connectivity index is 1.50. The van der Waals surface area contributed by atoms with Gasteiger partial charge in [0.05, 0.1) is 13.5 Å². The molecule has 0 atom stereocenters. The second-order valence-corrected chi connectivity index (χ2v) is 7.84. The number of carbonyl (C=O) groups is 2. The lowest BCUT2D eigenvalue weighted by Gasteiger charge is -2.35. The van der Waals surface area contributed by atoms with Crippen LogP contribution in [0.25, 0.3) is 11.6 Å². The lowest BCUT2D eigenvalue weighted by atomic mass is 10.0. The highest BCUT2D eigenvalue weighted by Gasteiger charge is 2.27. The molecule has 1 saturated heterocycles. The highest BCUT2D eigenvalue weighted by atomic mass is 16.5. The van der Waals surface area contributed by atoms with Crippen molar-refractivity contribution in [3.63, 3.8) is 0 Å². The van der Waals surface area contributed by atoms with Crippen LogP contribution in [-0.2, 0) is 16.0 Å². The van der Waals surface area contributed by atoms with Crippen molar-refractivity contribution in [2.24, 2.45) is 0 Å². The summed E-state index contributed by atoms with van der Waals surface area (Å²) in [6.45, 7) is 1.99. The molecule has 0 N–H and O–H groups in total. The third-order valence-electron chi connectivity index (χ3n) is 5.73. The summed E-state index contributed by atoms with van der Waals surface area (Å²) in [5.41, 5.74) is 3.05. The first-order valence-electron chi connectivity index (χ1n) is 11.0. The fourth-order valence-electron chi connectivity index (χ4n) is 3.93. The molecular formula is C27H27N3O3. The molecule has 33 heavy (non-hydrogen) atoms. The van der Waals surface area contributed by atoms with E-state index in [0.29, 0.717) is 37.5 Å². The molecule has 6 nitrogen and oxygen atoms in total. The van der Waals surface area contributed by atoms with Gasteiger partial charge in [-0.3, -0.25) is 14.6 Å². The minimum atomic E-state index is -0.0519. The van der Waals surface area contributed by atoms with Gasteiger partial charge in [-0.2, -0.15) is 0 Å². The molecule has 0 radical (unpaired) electrons. The van der Waals surface area contributed by atoms with Gasteiger partial charge in [-0.1, -0.05) is 54.6 Å². The Morgan fingerprint density at radius 3 is 2.24 bits per heavy atom. The Bertz CT molecular complexity index is 1120. The maximum atomic E-state index is 13.6. The SMILES string of the molecule is COc1ccccc1/C=C(/C(=O)N1CCN(C(=O)Cc2ccccn2)CC1)c1ccccc1. The highest BCUT2D eigenvalue weighted by Crippen LogP contribution is 2.26. The zero-order valence-electron chi connectivity index (χ0n) is 18.7. The lowest BCUT2D eigenvalue weighted by Crippen LogP contribution is -2.51. The molecule has 6 heteroatoms. The third kappa shape index (κ3) is 5.47. The molecule has 168 valence electrons. The summed E-state index contributed by atoms with van der Waals surface area (Å²) in [5.74, 6) is 0.696. The van der Waals surface area contributed by atoms with E-state index in [4.69, 9.17) is 4.74 Å². The van der Waals surface area contributed by atoms with E-state index in [9.17, 15) is 9.59 Å². The number of rotatable bonds is 6. The summed E-state index contributed by atoms with van der Waals surface area (Å²) in [6.07, 6.45) is 3.85. The van der Waals surface area contributed by atoms with Gasteiger partial charge in [0.1, 0.15) is 5.75 Å². The normalized spacial score (nSPS) is 14.2. The van der Waals surface area contributed by atoms with Crippen molar-refractivity contribution in [3.05, 3.63) is 95.8 Å². The average molecular weight is 442 g/mol. The highest BCUT2D eigenvalue weighted by molar-refractivity contribution is 6.24. The number of hydrogen-bond donors (Lipinski definition) is 0. The summed E-state index contributed by atoms with van der Waals surface area (Å²) in [5, 5.41) is 0. The first kappa shape index (κ1) is 22.3. The van der Waals surface area contributed by atoms with Crippen molar-refractivity contribution >= 4 is 23.5 Å². The Labute approximate surface area is 194 Å². The number of nitrogens with zero attached hydrogens (tertiary/aromatic N) is 3. The van der Waals surface area contributed by atoms with E-state index in [0.717, 1.165) is 16.8 Å². The van der Waals surface area contributed by atoms with E-state index in [2.05, 4.69) is 4.98 Å². The first-order chi connectivity index (χ1) is 16.2. The summed E-state index contributed by atoms with van der Waals surface area (Å²) in [7, 11) is 1.62. The van der Waals surface area contributed by atoms with Crippen LogP contribution in [0.15, 0.2) is 79.0 Å². The molecule has 0 spiro atoms. The number of amides is 2. The Morgan fingerprint density at radius 1 is 0.879 bits per heavy atom. The summed E-state index contributed by atoms with van der Waals surface area (Å²) in [4.78, 5) is 34.1. The largest absolute Gasteiger partial charge is 0.496 e. The van der Waals surface area contributed by atoms with E-state index in [1.807, 2.05) is 88.7 Å². The Kier molecular flexibility index (Phi) is 7.15. The molecule has 1 fully saturated rings. The number of methoxy groups -OCH3 is 1. The predicted octanol–water partition coefficient (Wildman–Crippen LogP) is 3.54. The van der Waals surface area contributed by atoms with Gasteiger partial charge in [0, 0.05) is 49.2 Å². The smallest absolute Gasteiger partial charge is 0.254 e. The molecule has 2 aromatic carbocycles. The van der Waals surface area contributed by atoms with E-state index in [-0.39, 0.29) is 18.2 Å². The summed E-state index contributed by atoms with van der Waals surface area (Å²) in [6, 6.07) is 22.9. The number of carbonyl (C=O) groups excluding carboxylic acids is 2. The van der Waals surface area contributed by atoms with Gasteiger partial charge in [0.2, 0.25) is 5.91 Å². The van der Waals surface area contributed by atoms with E-state index < -0.39 is 0 Å². The molecule has 2 amide bonds. The molecule has 1 aliphatic heterocycles. The van der Waals surface area contributed by atoms with Crippen LogP contribution in [0.3, 0.4) is 0 Å². The zero-order chi connectivity index (χ0) is 23.0. The molecule has 4 rings (SSSR count). The molecule has 0 unspecified atom stereocenters. The van der Waals surface area contributed by atoms with Crippen LogP contribution < -0.4 is 4.74 Å². The zero-order valence-corrected chi connectivity index (χ0v) is 18.7. The second kappa shape index (κ2) is 10.6. The van der Waals surface area contributed by atoms with Gasteiger partial charge in [-0.25, -0.2) is 0 Å². The van der Waals surface area contributed by atoms with Crippen LogP contribution in [0.5, 0.6) is 5.75 Å². The van der Waals surface area contributed by atoms with E-state index in [1.54, 1.807) is 13.3 Å². The van der Waals surface area contributed by atoms with Crippen LogP contribution in [0.1, 0.15) is 16.8 Å². The predicted molar refractivity (Wildman–Crippen MR) is 128 cm³/mol. The maximum absolute atomic E-state index is 13.6. The Hall–Kier alpha value is -3.93. The number of aromatic nitrogens is 1. The number of para-hydroxylation sites is 1. The Morgan fingerprint density at radius 2 is 1.55 bits per heavy atom. The van der Waals surface area contributed by atoms with Crippen molar-refractivity contribution in [2.45, 2.75) is 6.42 Å². The van der Waals surface area contributed by atoms with Crippen molar-refractivity contribution in [3.8, 4) is 5.75 Å². The number of ether oxygens (including phenoxy) is 1. The fourth-order valence-corrected chi connectivity index (χ4v) is 3.93. The van der Waals surface area contributed by atoms with Crippen LogP contribution in [0.2, 0.25) is 0 Å². The topological polar surface area (TPSA) is 62.7 Å². The van der Waals surface area contributed by atoms with Crippen LogP contribution in [0, 0.1) is 0 Å². The van der Waals surface area contributed by atoms with Gasteiger partial charge in [-0.15, -0.1) is 0 Å². The van der Waals surface area contributed by atoms with Gasteiger partial charge >= 0.3 is 0 Å². The third-order valence-corrected chi connectivity index (χ3v) is 5.73. The second-order valence-electron chi connectivity index (χ2n) is 7.84.